The van der Waals surface area contributed by atoms with Crippen LogP contribution in [0.5, 0.6) is 0 Å². The minimum Gasteiger partial charge on any atom is -0.328 e. The average molecular weight is 371 g/mol. The lowest BCUT2D eigenvalue weighted by atomic mass is 10.2. The molecule has 1 aromatic carbocycles. The molecule has 0 spiro atoms. The van der Waals surface area contributed by atoms with Crippen LogP contribution in [-0.2, 0) is 13.1 Å². The van der Waals surface area contributed by atoms with Gasteiger partial charge >= 0.3 is 6.03 Å². The number of nitrogens with one attached hydrogen (secondary N) is 2. The van der Waals surface area contributed by atoms with Gasteiger partial charge in [-0.1, -0.05) is 25.1 Å². The van der Waals surface area contributed by atoms with Gasteiger partial charge in [0.2, 0.25) is 0 Å². The number of hydrogen-bond acceptors (Lipinski definition) is 4. The van der Waals surface area contributed by atoms with Crippen molar-refractivity contribution in [1.29, 1.82) is 0 Å². The van der Waals surface area contributed by atoms with E-state index in [4.69, 9.17) is 0 Å². The topological polar surface area (TPSA) is 89.7 Å². The fraction of sp³-hybridized carbons (Fsp3) is 0.333. The second-order valence-electron chi connectivity index (χ2n) is 6.22. The number of aromatic nitrogens is 5. The van der Waals surface area contributed by atoms with E-state index < -0.39 is 0 Å². The van der Waals surface area contributed by atoms with Crippen molar-refractivity contribution in [2.45, 2.75) is 39.4 Å². The van der Waals surface area contributed by atoms with Crippen LogP contribution in [0.1, 0.15) is 37.7 Å². The van der Waals surface area contributed by atoms with Crippen molar-refractivity contribution >= 4 is 11.7 Å². The van der Waals surface area contributed by atoms with Crippen molar-refractivity contribution in [3.8, 4) is 0 Å². The van der Waals surface area contributed by atoms with Gasteiger partial charge in [-0.25, -0.2) is 9.18 Å². The van der Waals surface area contributed by atoms with E-state index in [2.05, 4.69) is 32.9 Å². The molecule has 3 rings (SSSR count). The van der Waals surface area contributed by atoms with Crippen LogP contribution in [-0.4, -0.2) is 30.6 Å². The smallest absolute Gasteiger partial charge is 0.319 e. The minimum atomic E-state index is -0.376. The Morgan fingerprint density at radius 2 is 2.15 bits per heavy atom. The van der Waals surface area contributed by atoms with E-state index in [9.17, 15) is 9.18 Å². The molecular weight excluding hydrogens is 349 g/mol. The van der Waals surface area contributed by atoms with Crippen LogP contribution in [0.3, 0.4) is 0 Å². The summed E-state index contributed by atoms with van der Waals surface area (Å²) in [6.07, 6.45) is 5.77. The number of benzene rings is 1. The SMILES string of the molecule is CCCn1cnnc1C(C)NC(=O)Nc1cnn(Cc2ccccc2F)c1. The van der Waals surface area contributed by atoms with Gasteiger partial charge in [-0.2, -0.15) is 5.10 Å². The minimum absolute atomic E-state index is 0.284. The van der Waals surface area contributed by atoms with Crippen molar-refractivity contribution in [2.75, 3.05) is 5.32 Å². The average Bonchev–Trinajstić information content (AvgIpc) is 3.27. The number of hydrogen-bond donors (Lipinski definition) is 2. The molecule has 9 heteroatoms. The lowest BCUT2D eigenvalue weighted by Gasteiger charge is -2.14. The highest BCUT2D eigenvalue weighted by Crippen LogP contribution is 2.12. The molecule has 1 atom stereocenters. The second-order valence-corrected chi connectivity index (χ2v) is 6.22. The number of carbonyl (C=O) groups excluding carboxylic acids is 1. The molecule has 0 saturated carbocycles. The molecule has 0 radical (unpaired) electrons. The number of anilines is 1. The number of aryl methyl sites for hydroxylation is 1. The van der Waals surface area contributed by atoms with E-state index in [-0.39, 0.29) is 24.4 Å². The number of carbonyl (C=O) groups is 1. The molecule has 1 unspecified atom stereocenters. The van der Waals surface area contributed by atoms with Crippen molar-refractivity contribution in [1.82, 2.24) is 29.9 Å². The maximum Gasteiger partial charge on any atom is 0.319 e. The fourth-order valence-corrected chi connectivity index (χ4v) is 2.76. The predicted octanol–water partition coefficient (Wildman–Crippen LogP) is 2.95. The van der Waals surface area contributed by atoms with Gasteiger partial charge < -0.3 is 15.2 Å². The van der Waals surface area contributed by atoms with E-state index in [1.54, 1.807) is 35.4 Å². The number of urea groups is 1. The van der Waals surface area contributed by atoms with Gasteiger partial charge in [-0.3, -0.25) is 4.68 Å². The van der Waals surface area contributed by atoms with Crippen LogP contribution < -0.4 is 10.6 Å². The molecule has 8 nitrogen and oxygen atoms in total. The molecule has 142 valence electrons. The number of rotatable bonds is 7. The zero-order valence-electron chi connectivity index (χ0n) is 15.3. The standard InChI is InChI=1S/C18H22FN7O/c1-3-8-25-12-20-24-17(25)13(2)22-18(27)23-15-9-21-26(11-15)10-14-6-4-5-7-16(14)19/h4-7,9,11-13H,3,8,10H2,1-2H3,(H2,22,23,27). The summed E-state index contributed by atoms with van der Waals surface area (Å²) in [6.45, 7) is 4.98. The van der Waals surface area contributed by atoms with Crippen molar-refractivity contribution < 1.29 is 9.18 Å². The Morgan fingerprint density at radius 3 is 2.93 bits per heavy atom. The molecule has 0 saturated heterocycles. The first-order chi connectivity index (χ1) is 13.1. The Hall–Kier alpha value is -3.23. The Bertz CT molecular complexity index is 905. The Morgan fingerprint density at radius 1 is 1.33 bits per heavy atom. The normalized spacial score (nSPS) is 12.0. The van der Waals surface area contributed by atoms with Gasteiger partial charge in [0.25, 0.3) is 0 Å². The monoisotopic (exact) mass is 371 g/mol. The molecule has 0 aliphatic rings. The number of amides is 2. The van der Waals surface area contributed by atoms with Gasteiger partial charge in [-0.15, -0.1) is 10.2 Å². The summed E-state index contributed by atoms with van der Waals surface area (Å²) in [5, 5.41) is 17.7. The Labute approximate surface area is 156 Å². The zero-order valence-corrected chi connectivity index (χ0v) is 15.3. The van der Waals surface area contributed by atoms with E-state index in [1.165, 1.54) is 12.3 Å². The van der Waals surface area contributed by atoms with Crippen LogP contribution in [0.2, 0.25) is 0 Å². The molecule has 3 aromatic rings. The molecule has 2 amide bonds. The first kappa shape index (κ1) is 18.6. The summed E-state index contributed by atoms with van der Waals surface area (Å²) >= 11 is 0. The highest BCUT2D eigenvalue weighted by molar-refractivity contribution is 5.89. The molecule has 2 aromatic heterocycles. The molecule has 0 fully saturated rings. The van der Waals surface area contributed by atoms with Crippen molar-refractivity contribution in [2.24, 2.45) is 0 Å². The summed E-state index contributed by atoms with van der Waals surface area (Å²) < 4.78 is 17.2. The maximum absolute atomic E-state index is 13.7. The van der Waals surface area contributed by atoms with Crippen molar-refractivity contribution in [3.05, 3.63) is 60.2 Å². The third-order valence-corrected chi connectivity index (χ3v) is 4.03. The molecular formula is C18H22FN7O. The molecule has 2 heterocycles. The van der Waals surface area contributed by atoms with Gasteiger partial charge in [0.1, 0.15) is 12.1 Å². The lowest BCUT2D eigenvalue weighted by Crippen LogP contribution is -2.32. The van der Waals surface area contributed by atoms with Crippen LogP contribution in [0.4, 0.5) is 14.9 Å². The van der Waals surface area contributed by atoms with E-state index in [0.29, 0.717) is 17.1 Å². The Balaban J connectivity index is 1.57. The maximum atomic E-state index is 13.7. The quantitative estimate of drug-likeness (QED) is 0.668. The predicted molar refractivity (Wildman–Crippen MR) is 98.6 cm³/mol. The van der Waals surface area contributed by atoms with E-state index in [1.807, 2.05) is 11.5 Å². The van der Waals surface area contributed by atoms with Gasteiger partial charge in [-0.05, 0) is 19.4 Å². The first-order valence-electron chi connectivity index (χ1n) is 8.78. The van der Waals surface area contributed by atoms with Crippen LogP contribution in [0.25, 0.3) is 0 Å². The molecule has 2 N–H and O–H groups in total. The molecule has 27 heavy (non-hydrogen) atoms. The summed E-state index contributed by atoms with van der Waals surface area (Å²) in [5.41, 5.74) is 1.05. The largest absolute Gasteiger partial charge is 0.328 e. The van der Waals surface area contributed by atoms with Gasteiger partial charge in [0.15, 0.2) is 5.82 Å². The molecule has 0 bridgehead atoms. The highest BCUT2D eigenvalue weighted by Gasteiger charge is 2.16. The van der Waals surface area contributed by atoms with E-state index in [0.717, 1.165) is 13.0 Å². The molecule has 0 aliphatic carbocycles. The van der Waals surface area contributed by atoms with E-state index >= 15 is 0 Å². The van der Waals surface area contributed by atoms with Crippen molar-refractivity contribution in [3.63, 3.8) is 0 Å². The first-order valence-corrected chi connectivity index (χ1v) is 8.78. The summed E-state index contributed by atoms with van der Waals surface area (Å²) in [5.74, 6) is 0.410. The van der Waals surface area contributed by atoms with Crippen LogP contribution in [0.15, 0.2) is 43.0 Å². The molecule has 0 aliphatic heterocycles. The second kappa shape index (κ2) is 8.43. The number of nitrogens with zero attached hydrogens (tertiary/aromatic N) is 5. The third-order valence-electron chi connectivity index (χ3n) is 4.03. The fourth-order valence-electron chi connectivity index (χ4n) is 2.76. The van der Waals surface area contributed by atoms with Gasteiger partial charge in [0.05, 0.1) is 24.5 Å². The summed E-state index contributed by atoms with van der Waals surface area (Å²) in [4.78, 5) is 12.2. The Kier molecular flexibility index (Phi) is 5.80. The number of halogens is 1. The lowest BCUT2D eigenvalue weighted by molar-refractivity contribution is 0.248. The third kappa shape index (κ3) is 4.69. The summed E-state index contributed by atoms with van der Waals surface area (Å²) in [6, 6.07) is 5.84. The zero-order chi connectivity index (χ0) is 19.2. The van der Waals surface area contributed by atoms with Crippen LogP contribution in [0, 0.1) is 5.82 Å². The summed E-state index contributed by atoms with van der Waals surface area (Å²) in [7, 11) is 0. The highest BCUT2D eigenvalue weighted by atomic mass is 19.1. The van der Waals surface area contributed by atoms with Crippen LogP contribution >= 0.6 is 0 Å². The van der Waals surface area contributed by atoms with Gasteiger partial charge in [0, 0.05) is 18.3 Å².